The number of nitrogens with one attached hydrogen (secondary N) is 2. The molecule has 0 spiro atoms. The Morgan fingerprint density at radius 3 is 2.95 bits per heavy atom. The van der Waals surface area contributed by atoms with Crippen molar-refractivity contribution in [1.82, 2.24) is 9.97 Å². The van der Waals surface area contributed by atoms with Crippen molar-refractivity contribution in [2.75, 3.05) is 17.0 Å². The van der Waals surface area contributed by atoms with Gasteiger partial charge < -0.3 is 5.32 Å². The van der Waals surface area contributed by atoms with E-state index in [1.165, 1.54) is 4.90 Å². The van der Waals surface area contributed by atoms with E-state index in [-0.39, 0.29) is 0 Å². The number of fused-ring (bicyclic) bond motifs is 1. The maximum Gasteiger partial charge on any atom is 0.240 e. The van der Waals surface area contributed by atoms with Gasteiger partial charge in [0, 0.05) is 10.6 Å². The van der Waals surface area contributed by atoms with E-state index in [9.17, 15) is 0 Å². The first-order valence-electron chi connectivity index (χ1n) is 5.93. The molecular formula is C13H13N5S2. The molecule has 7 heteroatoms. The summed E-state index contributed by atoms with van der Waals surface area (Å²) in [4.78, 5) is 10.8. The normalized spacial score (nSPS) is 10.7. The number of hydrogen-bond donors (Lipinski definition) is 3. The Hall–Kier alpha value is -1.83. The molecule has 20 heavy (non-hydrogen) atoms. The van der Waals surface area contributed by atoms with Crippen LogP contribution >= 0.6 is 23.1 Å². The topological polar surface area (TPSA) is 75.9 Å². The Labute approximate surface area is 124 Å². The number of thioether (sulfide) groups is 1. The Morgan fingerprint density at radius 2 is 2.15 bits per heavy atom. The molecule has 1 aromatic carbocycles. The minimum absolute atomic E-state index is 0.406. The fourth-order valence-electron chi connectivity index (χ4n) is 1.85. The first kappa shape index (κ1) is 13.2. The molecule has 0 radical (unpaired) electrons. The molecular weight excluding hydrogens is 290 g/mol. The number of nitrogens with zero attached hydrogens (tertiary/aromatic N) is 2. The third-order valence-corrected chi connectivity index (χ3v) is 4.32. The van der Waals surface area contributed by atoms with Crippen molar-refractivity contribution >= 4 is 50.8 Å². The smallest absolute Gasteiger partial charge is 0.240 e. The van der Waals surface area contributed by atoms with Gasteiger partial charge in [-0.15, -0.1) is 23.1 Å². The summed E-state index contributed by atoms with van der Waals surface area (Å²) in [5.74, 6) is 6.57. The van der Waals surface area contributed by atoms with Crippen molar-refractivity contribution in [1.29, 1.82) is 0 Å². The number of anilines is 3. The van der Waals surface area contributed by atoms with Crippen LogP contribution in [0.1, 0.15) is 0 Å². The molecule has 0 aliphatic carbocycles. The molecule has 0 unspecified atom stereocenters. The van der Waals surface area contributed by atoms with Gasteiger partial charge in [0.15, 0.2) is 0 Å². The summed E-state index contributed by atoms with van der Waals surface area (Å²) in [6.07, 6.45) is 2.05. The highest BCUT2D eigenvalue weighted by atomic mass is 32.2. The third kappa shape index (κ3) is 2.55. The van der Waals surface area contributed by atoms with Gasteiger partial charge in [-0.3, -0.25) is 5.43 Å². The summed E-state index contributed by atoms with van der Waals surface area (Å²) in [7, 11) is 0. The zero-order valence-electron chi connectivity index (χ0n) is 10.8. The summed E-state index contributed by atoms with van der Waals surface area (Å²) in [6, 6.07) is 10.2. The van der Waals surface area contributed by atoms with E-state index in [1.54, 1.807) is 23.1 Å². The molecule has 3 aromatic rings. The van der Waals surface area contributed by atoms with Crippen LogP contribution in [0.15, 0.2) is 40.6 Å². The molecule has 0 fully saturated rings. The largest absolute Gasteiger partial charge is 0.339 e. The van der Waals surface area contributed by atoms with Gasteiger partial charge in [0.2, 0.25) is 5.95 Å². The van der Waals surface area contributed by atoms with Gasteiger partial charge in [-0.1, -0.05) is 6.07 Å². The molecule has 2 aromatic heterocycles. The molecule has 0 bridgehead atoms. The predicted molar refractivity (Wildman–Crippen MR) is 86.7 cm³/mol. The minimum atomic E-state index is 0.406. The maximum atomic E-state index is 5.42. The number of nitrogens with two attached hydrogens (primary N) is 1. The Kier molecular flexibility index (Phi) is 3.72. The molecule has 3 rings (SSSR count). The molecule has 2 heterocycles. The highest BCUT2D eigenvalue weighted by Crippen LogP contribution is 2.29. The van der Waals surface area contributed by atoms with Gasteiger partial charge in [0.1, 0.15) is 10.6 Å². The summed E-state index contributed by atoms with van der Waals surface area (Å²) in [6.45, 7) is 0. The van der Waals surface area contributed by atoms with Crippen molar-refractivity contribution in [3.63, 3.8) is 0 Å². The lowest BCUT2D eigenvalue weighted by atomic mass is 10.3. The average molecular weight is 303 g/mol. The molecule has 5 nitrogen and oxygen atoms in total. The number of hydrazine groups is 1. The summed E-state index contributed by atoms with van der Waals surface area (Å²) in [5, 5.41) is 6.31. The van der Waals surface area contributed by atoms with Crippen LogP contribution in [-0.4, -0.2) is 16.2 Å². The average Bonchev–Trinajstić information content (AvgIpc) is 2.96. The molecule has 0 aliphatic heterocycles. The Bertz CT molecular complexity index is 740. The van der Waals surface area contributed by atoms with E-state index >= 15 is 0 Å². The van der Waals surface area contributed by atoms with Crippen molar-refractivity contribution in [3.8, 4) is 0 Å². The maximum absolute atomic E-state index is 5.42. The second-order valence-corrected chi connectivity index (χ2v) is 5.81. The van der Waals surface area contributed by atoms with Gasteiger partial charge in [-0.25, -0.2) is 10.8 Å². The van der Waals surface area contributed by atoms with E-state index in [0.29, 0.717) is 5.95 Å². The van der Waals surface area contributed by atoms with Gasteiger partial charge in [-0.2, -0.15) is 4.98 Å². The number of nitrogen functional groups attached to an aromatic ring is 1. The van der Waals surface area contributed by atoms with E-state index in [0.717, 1.165) is 21.7 Å². The summed E-state index contributed by atoms with van der Waals surface area (Å²) >= 11 is 3.26. The number of benzene rings is 1. The van der Waals surface area contributed by atoms with Crippen LogP contribution in [0, 0.1) is 0 Å². The number of aromatic nitrogens is 2. The molecule has 0 saturated carbocycles. The lowest BCUT2D eigenvalue weighted by Gasteiger charge is -2.09. The molecule has 0 saturated heterocycles. The highest BCUT2D eigenvalue weighted by molar-refractivity contribution is 7.98. The van der Waals surface area contributed by atoms with Crippen LogP contribution in [0.4, 0.5) is 17.5 Å². The van der Waals surface area contributed by atoms with Crippen LogP contribution in [0.2, 0.25) is 0 Å². The van der Waals surface area contributed by atoms with Crippen molar-refractivity contribution in [2.45, 2.75) is 4.90 Å². The first-order chi connectivity index (χ1) is 9.80. The zero-order valence-corrected chi connectivity index (χ0v) is 12.4. The lowest BCUT2D eigenvalue weighted by molar-refractivity contribution is 1.16. The molecule has 4 N–H and O–H groups in total. The molecule has 0 atom stereocenters. The van der Waals surface area contributed by atoms with Crippen LogP contribution in [0.25, 0.3) is 10.2 Å². The monoisotopic (exact) mass is 303 g/mol. The van der Waals surface area contributed by atoms with Crippen molar-refractivity contribution in [3.05, 3.63) is 35.7 Å². The third-order valence-electron chi connectivity index (χ3n) is 2.79. The first-order valence-corrected chi connectivity index (χ1v) is 8.03. The van der Waals surface area contributed by atoms with Crippen LogP contribution in [-0.2, 0) is 0 Å². The quantitative estimate of drug-likeness (QED) is 0.389. The molecule has 102 valence electrons. The number of rotatable bonds is 4. The fraction of sp³-hybridized carbons (Fsp3) is 0.0769. The van der Waals surface area contributed by atoms with Crippen LogP contribution < -0.4 is 16.6 Å². The minimum Gasteiger partial charge on any atom is -0.339 e. The molecule has 0 aliphatic rings. The summed E-state index contributed by atoms with van der Waals surface area (Å²) < 4.78 is 0. The summed E-state index contributed by atoms with van der Waals surface area (Å²) in [5.41, 5.74) is 3.49. The van der Waals surface area contributed by atoms with E-state index in [1.807, 2.05) is 23.6 Å². The van der Waals surface area contributed by atoms with Crippen LogP contribution in [0.3, 0.4) is 0 Å². The Balaban J connectivity index is 2.02. The van der Waals surface area contributed by atoms with E-state index in [2.05, 4.69) is 39.1 Å². The van der Waals surface area contributed by atoms with E-state index in [4.69, 9.17) is 5.84 Å². The van der Waals surface area contributed by atoms with Crippen molar-refractivity contribution in [2.24, 2.45) is 5.84 Å². The second-order valence-electron chi connectivity index (χ2n) is 4.04. The number of thiophene rings is 1. The zero-order chi connectivity index (χ0) is 13.9. The standard InChI is InChI=1S/C13H13N5S2/c1-19-9-4-2-3-8(7-9)15-11-10-5-6-20-12(10)17-13(16-11)18-14/h2-7H,14H2,1H3,(H2,15,16,17,18). The van der Waals surface area contributed by atoms with E-state index < -0.39 is 0 Å². The number of hydrogen-bond acceptors (Lipinski definition) is 7. The van der Waals surface area contributed by atoms with Crippen molar-refractivity contribution < 1.29 is 0 Å². The second kappa shape index (κ2) is 5.66. The molecule has 0 amide bonds. The van der Waals surface area contributed by atoms with Gasteiger partial charge in [-0.05, 0) is 35.9 Å². The predicted octanol–water partition coefficient (Wildman–Crippen LogP) is 3.44. The highest BCUT2D eigenvalue weighted by Gasteiger charge is 2.08. The Morgan fingerprint density at radius 1 is 1.25 bits per heavy atom. The SMILES string of the molecule is CSc1cccc(Nc2nc(NN)nc3sccc23)c1. The van der Waals surface area contributed by atoms with Gasteiger partial charge >= 0.3 is 0 Å². The van der Waals surface area contributed by atoms with Gasteiger partial charge in [0.25, 0.3) is 0 Å². The van der Waals surface area contributed by atoms with Gasteiger partial charge in [0.05, 0.1) is 5.39 Å². The fourth-order valence-corrected chi connectivity index (χ4v) is 3.08. The van der Waals surface area contributed by atoms with Crippen LogP contribution in [0.5, 0.6) is 0 Å². The lowest BCUT2D eigenvalue weighted by Crippen LogP contribution is -2.11.